The van der Waals surface area contributed by atoms with Crippen molar-refractivity contribution in [1.29, 1.82) is 0 Å². The van der Waals surface area contributed by atoms with Crippen molar-refractivity contribution in [2.24, 2.45) is 11.1 Å². The van der Waals surface area contributed by atoms with Crippen LogP contribution in [0.4, 0.5) is 0 Å². The molecule has 0 saturated heterocycles. The zero-order valence-corrected chi connectivity index (χ0v) is 11.4. The average molecular weight is 246 g/mol. The number of nitrogens with one attached hydrogen (secondary N) is 1. The lowest BCUT2D eigenvalue weighted by molar-refractivity contribution is -0.125. The van der Waals surface area contributed by atoms with Gasteiger partial charge in [0.1, 0.15) is 0 Å². The van der Waals surface area contributed by atoms with Crippen LogP contribution in [0.2, 0.25) is 0 Å². The first kappa shape index (κ1) is 13.1. The highest BCUT2D eigenvalue weighted by atomic mass is 16.2. The number of fused-ring (bicyclic) bond motifs is 1. The molecule has 0 heterocycles. The summed E-state index contributed by atoms with van der Waals surface area (Å²) in [6.07, 6.45) is 1.83. The van der Waals surface area contributed by atoms with Gasteiger partial charge in [-0.05, 0) is 29.4 Å². The Labute approximate surface area is 109 Å². The number of nitrogens with two attached hydrogens (primary N) is 1. The molecule has 3 nitrogen and oxygen atoms in total. The summed E-state index contributed by atoms with van der Waals surface area (Å²) in [5, 5.41) is 3.07. The number of carbonyl (C=O) groups excluding carboxylic acids is 1. The number of rotatable bonds is 2. The van der Waals surface area contributed by atoms with Crippen LogP contribution in [-0.4, -0.2) is 18.0 Å². The zero-order chi connectivity index (χ0) is 13.3. The maximum absolute atomic E-state index is 12.1. The van der Waals surface area contributed by atoms with E-state index in [2.05, 4.69) is 17.4 Å². The highest BCUT2D eigenvalue weighted by Crippen LogP contribution is 2.23. The third kappa shape index (κ3) is 2.72. The Morgan fingerprint density at radius 2 is 1.78 bits per heavy atom. The predicted octanol–water partition coefficient (Wildman–Crippen LogP) is 1.64. The summed E-state index contributed by atoms with van der Waals surface area (Å²) < 4.78 is 0. The predicted molar refractivity (Wildman–Crippen MR) is 73.2 cm³/mol. The third-order valence-corrected chi connectivity index (χ3v) is 3.61. The quantitative estimate of drug-likeness (QED) is 0.833. The molecular weight excluding hydrogens is 224 g/mol. The van der Waals surface area contributed by atoms with E-state index in [9.17, 15) is 4.79 Å². The van der Waals surface area contributed by atoms with E-state index in [0.29, 0.717) is 0 Å². The number of hydrogen-bond donors (Lipinski definition) is 2. The van der Waals surface area contributed by atoms with Crippen LogP contribution >= 0.6 is 0 Å². The van der Waals surface area contributed by atoms with Crippen LogP contribution in [0, 0.1) is 5.41 Å². The minimum absolute atomic E-state index is 0.0414. The van der Waals surface area contributed by atoms with E-state index in [1.54, 1.807) is 0 Å². The molecule has 1 amide bonds. The molecular formula is C15H22N2O. The fourth-order valence-corrected chi connectivity index (χ4v) is 2.35. The van der Waals surface area contributed by atoms with Crippen LogP contribution in [0.15, 0.2) is 24.3 Å². The fourth-order valence-electron chi connectivity index (χ4n) is 2.35. The molecule has 1 atom stereocenters. The molecule has 0 aromatic heterocycles. The molecule has 0 fully saturated rings. The van der Waals surface area contributed by atoms with Crippen molar-refractivity contribution in [2.75, 3.05) is 0 Å². The molecule has 0 saturated carbocycles. The SMILES string of the molecule is CC(C)(C)[C@H](N)C(=O)NC1Cc2ccccc2C1. The molecule has 0 spiro atoms. The van der Waals surface area contributed by atoms with Crippen molar-refractivity contribution < 1.29 is 4.79 Å². The summed E-state index contributed by atoms with van der Waals surface area (Å²) in [7, 11) is 0. The Kier molecular flexibility index (Phi) is 3.44. The van der Waals surface area contributed by atoms with Gasteiger partial charge in [0.2, 0.25) is 5.91 Å². The molecule has 1 aliphatic carbocycles. The monoisotopic (exact) mass is 246 g/mol. The first-order valence-electron chi connectivity index (χ1n) is 6.50. The van der Waals surface area contributed by atoms with E-state index in [1.165, 1.54) is 11.1 Å². The minimum atomic E-state index is -0.457. The molecule has 1 aromatic rings. The van der Waals surface area contributed by atoms with E-state index in [4.69, 9.17) is 5.73 Å². The number of hydrogen-bond acceptors (Lipinski definition) is 2. The molecule has 0 unspecified atom stereocenters. The number of carbonyl (C=O) groups is 1. The number of amides is 1. The molecule has 1 aromatic carbocycles. The van der Waals surface area contributed by atoms with Gasteiger partial charge in [-0.25, -0.2) is 0 Å². The van der Waals surface area contributed by atoms with Crippen LogP contribution in [0.3, 0.4) is 0 Å². The van der Waals surface area contributed by atoms with E-state index in [-0.39, 0.29) is 17.4 Å². The second-order valence-corrected chi connectivity index (χ2v) is 6.23. The van der Waals surface area contributed by atoms with E-state index >= 15 is 0 Å². The van der Waals surface area contributed by atoms with Gasteiger partial charge < -0.3 is 11.1 Å². The second-order valence-electron chi connectivity index (χ2n) is 6.23. The van der Waals surface area contributed by atoms with Crippen LogP contribution < -0.4 is 11.1 Å². The molecule has 0 aliphatic heterocycles. The van der Waals surface area contributed by atoms with Crippen molar-refractivity contribution in [3.63, 3.8) is 0 Å². The molecule has 3 heteroatoms. The Morgan fingerprint density at radius 1 is 1.28 bits per heavy atom. The van der Waals surface area contributed by atoms with Crippen LogP contribution in [0.25, 0.3) is 0 Å². The third-order valence-electron chi connectivity index (χ3n) is 3.61. The highest BCUT2D eigenvalue weighted by molar-refractivity contribution is 5.82. The van der Waals surface area contributed by atoms with Gasteiger partial charge in [-0.2, -0.15) is 0 Å². The lowest BCUT2D eigenvalue weighted by atomic mass is 9.87. The normalized spacial score (nSPS) is 17.3. The Balaban J connectivity index is 1.96. The van der Waals surface area contributed by atoms with Crippen molar-refractivity contribution in [2.45, 2.75) is 45.7 Å². The highest BCUT2D eigenvalue weighted by Gasteiger charge is 2.30. The topological polar surface area (TPSA) is 55.1 Å². The van der Waals surface area contributed by atoms with Gasteiger partial charge in [-0.1, -0.05) is 45.0 Å². The fraction of sp³-hybridized carbons (Fsp3) is 0.533. The molecule has 1 aliphatic rings. The molecule has 98 valence electrons. The zero-order valence-electron chi connectivity index (χ0n) is 11.4. The van der Waals surface area contributed by atoms with Crippen LogP contribution in [0.5, 0.6) is 0 Å². The van der Waals surface area contributed by atoms with Crippen LogP contribution in [0.1, 0.15) is 31.9 Å². The first-order valence-corrected chi connectivity index (χ1v) is 6.50. The van der Waals surface area contributed by atoms with Gasteiger partial charge in [0, 0.05) is 6.04 Å². The minimum Gasteiger partial charge on any atom is -0.351 e. The lowest BCUT2D eigenvalue weighted by Gasteiger charge is -2.27. The Morgan fingerprint density at radius 3 is 2.22 bits per heavy atom. The van der Waals surface area contributed by atoms with Crippen LogP contribution in [-0.2, 0) is 17.6 Å². The lowest BCUT2D eigenvalue weighted by Crippen LogP contribution is -2.51. The van der Waals surface area contributed by atoms with E-state index in [1.807, 2.05) is 32.9 Å². The molecule has 0 bridgehead atoms. The smallest absolute Gasteiger partial charge is 0.237 e. The van der Waals surface area contributed by atoms with E-state index < -0.39 is 6.04 Å². The summed E-state index contributed by atoms with van der Waals surface area (Å²) in [6.45, 7) is 5.96. The summed E-state index contributed by atoms with van der Waals surface area (Å²) in [4.78, 5) is 12.1. The van der Waals surface area contributed by atoms with Gasteiger partial charge in [-0.15, -0.1) is 0 Å². The molecule has 3 N–H and O–H groups in total. The maximum atomic E-state index is 12.1. The largest absolute Gasteiger partial charge is 0.351 e. The van der Waals surface area contributed by atoms with Gasteiger partial charge in [0.05, 0.1) is 6.04 Å². The average Bonchev–Trinajstić information content (AvgIpc) is 2.68. The van der Waals surface area contributed by atoms with Crippen molar-refractivity contribution in [3.8, 4) is 0 Å². The second kappa shape index (κ2) is 4.73. The Bertz CT molecular complexity index is 423. The maximum Gasteiger partial charge on any atom is 0.237 e. The molecule has 18 heavy (non-hydrogen) atoms. The molecule has 0 radical (unpaired) electrons. The van der Waals surface area contributed by atoms with Crippen molar-refractivity contribution in [3.05, 3.63) is 35.4 Å². The van der Waals surface area contributed by atoms with Gasteiger partial charge in [0.25, 0.3) is 0 Å². The van der Waals surface area contributed by atoms with Gasteiger partial charge in [-0.3, -0.25) is 4.79 Å². The summed E-state index contributed by atoms with van der Waals surface area (Å²) >= 11 is 0. The summed E-state index contributed by atoms with van der Waals surface area (Å²) in [5.74, 6) is -0.0414. The van der Waals surface area contributed by atoms with Crippen molar-refractivity contribution >= 4 is 5.91 Å². The Hall–Kier alpha value is -1.35. The van der Waals surface area contributed by atoms with Gasteiger partial charge >= 0.3 is 0 Å². The van der Waals surface area contributed by atoms with Crippen molar-refractivity contribution in [1.82, 2.24) is 5.32 Å². The molecule has 2 rings (SSSR count). The summed E-state index contributed by atoms with van der Waals surface area (Å²) in [6, 6.07) is 8.09. The van der Waals surface area contributed by atoms with E-state index in [0.717, 1.165) is 12.8 Å². The summed E-state index contributed by atoms with van der Waals surface area (Å²) in [5.41, 5.74) is 8.45. The standard InChI is InChI=1S/C15H22N2O/c1-15(2,3)13(16)14(18)17-12-8-10-6-4-5-7-11(10)9-12/h4-7,12-13H,8-9,16H2,1-3H3,(H,17,18)/t13-/m1/s1. The van der Waals surface area contributed by atoms with Gasteiger partial charge in [0.15, 0.2) is 0 Å². The number of benzene rings is 1. The first-order chi connectivity index (χ1) is 8.38.